The fraction of sp³-hybridized carbons (Fsp3) is 0. The van der Waals surface area contributed by atoms with E-state index in [2.05, 4.69) is 15.3 Å². The van der Waals surface area contributed by atoms with Gasteiger partial charge in [0.05, 0.1) is 11.0 Å². The Hall–Kier alpha value is -2.17. The van der Waals surface area contributed by atoms with Crippen molar-refractivity contribution in [2.75, 3.05) is 5.32 Å². The van der Waals surface area contributed by atoms with Gasteiger partial charge in [-0.2, -0.15) is 0 Å². The van der Waals surface area contributed by atoms with Gasteiger partial charge < -0.3 is 5.73 Å². The minimum Gasteiger partial charge on any atom is -0.351 e. The van der Waals surface area contributed by atoms with Crippen LogP contribution in [0.4, 0.5) is 10.6 Å². The quantitative estimate of drug-likeness (QED) is 0.703. The molecule has 0 unspecified atom stereocenters. The molecule has 0 bridgehead atoms. The molecule has 0 saturated heterocycles. The molecule has 0 aliphatic heterocycles. The summed E-state index contributed by atoms with van der Waals surface area (Å²) in [5.74, 6) is 0.429. The highest BCUT2D eigenvalue weighted by atomic mass is 16.2. The monoisotopic (exact) mass is 188 g/mol. The van der Waals surface area contributed by atoms with Crippen molar-refractivity contribution in [1.82, 2.24) is 9.97 Å². The van der Waals surface area contributed by atoms with Crippen LogP contribution in [0.25, 0.3) is 11.0 Å². The molecule has 0 aromatic carbocycles. The predicted octanol–water partition coefficient (Wildman–Crippen LogP) is 1.12. The number of amides is 2. The Kier molecular flexibility index (Phi) is 1.98. The smallest absolute Gasteiger partial charge is 0.317 e. The van der Waals surface area contributed by atoms with E-state index in [4.69, 9.17) is 5.73 Å². The van der Waals surface area contributed by atoms with E-state index in [0.717, 1.165) is 11.0 Å². The van der Waals surface area contributed by atoms with Crippen molar-refractivity contribution in [1.29, 1.82) is 0 Å². The number of nitrogens with two attached hydrogens (primary N) is 1. The summed E-state index contributed by atoms with van der Waals surface area (Å²) in [6.45, 7) is 0. The summed E-state index contributed by atoms with van der Waals surface area (Å²) in [4.78, 5) is 18.8. The lowest BCUT2D eigenvalue weighted by molar-refractivity contribution is 0.259. The topological polar surface area (TPSA) is 80.9 Å². The maximum Gasteiger partial charge on any atom is 0.317 e. The molecule has 2 heterocycles. The van der Waals surface area contributed by atoms with Gasteiger partial charge in [0.1, 0.15) is 5.82 Å². The molecule has 0 aliphatic rings. The number of hydrogen-bond acceptors (Lipinski definition) is 3. The summed E-state index contributed by atoms with van der Waals surface area (Å²) in [5, 5.41) is 2.40. The van der Waals surface area contributed by atoms with Crippen LogP contribution in [-0.2, 0) is 0 Å². The number of rotatable bonds is 1. The van der Waals surface area contributed by atoms with Gasteiger partial charge in [-0.3, -0.25) is 10.3 Å². The van der Waals surface area contributed by atoms with Gasteiger partial charge in [-0.05, 0) is 24.3 Å². The fourth-order valence-electron chi connectivity index (χ4n) is 1.15. The molecule has 14 heavy (non-hydrogen) atoms. The Morgan fingerprint density at radius 3 is 2.93 bits per heavy atom. The van der Waals surface area contributed by atoms with E-state index >= 15 is 0 Å². The zero-order valence-corrected chi connectivity index (χ0v) is 7.27. The first-order valence-corrected chi connectivity index (χ1v) is 4.04. The van der Waals surface area contributed by atoms with Crippen molar-refractivity contribution in [2.24, 2.45) is 5.73 Å². The number of aromatic nitrogens is 2. The lowest BCUT2D eigenvalue weighted by Crippen LogP contribution is -2.19. The molecule has 70 valence electrons. The van der Waals surface area contributed by atoms with Gasteiger partial charge in [-0.25, -0.2) is 9.78 Å². The van der Waals surface area contributed by atoms with E-state index in [1.165, 1.54) is 0 Å². The van der Waals surface area contributed by atoms with E-state index in [1.807, 2.05) is 6.07 Å². The van der Waals surface area contributed by atoms with Gasteiger partial charge >= 0.3 is 6.03 Å². The van der Waals surface area contributed by atoms with Crippen LogP contribution in [0.1, 0.15) is 0 Å². The second-order valence-electron chi connectivity index (χ2n) is 2.73. The Morgan fingerprint density at radius 2 is 2.14 bits per heavy atom. The van der Waals surface area contributed by atoms with E-state index in [0.29, 0.717) is 5.82 Å². The molecule has 0 saturated carbocycles. The van der Waals surface area contributed by atoms with Crippen molar-refractivity contribution in [3.05, 3.63) is 30.5 Å². The highest BCUT2D eigenvalue weighted by Gasteiger charge is 1.99. The number of nitrogens with zero attached hydrogens (tertiary/aromatic N) is 2. The summed E-state index contributed by atoms with van der Waals surface area (Å²) in [7, 11) is 0. The first-order valence-electron chi connectivity index (χ1n) is 4.04. The highest BCUT2D eigenvalue weighted by molar-refractivity contribution is 5.88. The van der Waals surface area contributed by atoms with E-state index < -0.39 is 6.03 Å². The van der Waals surface area contributed by atoms with Gasteiger partial charge in [0.15, 0.2) is 0 Å². The maximum absolute atomic E-state index is 10.6. The van der Waals surface area contributed by atoms with Crippen LogP contribution in [0.15, 0.2) is 30.5 Å². The summed E-state index contributed by atoms with van der Waals surface area (Å²) >= 11 is 0. The summed E-state index contributed by atoms with van der Waals surface area (Å²) in [5.41, 5.74) is 6.46. The number of carbonyl (C=O) groups is 1. The molecule has 5 heteroatoms. The molecule has 0 atom stereocenters. The Bertz CT molecular complexity index is 483. The lowest BCUT2D eigenvalue weighted by atomic mass is 10.3. The molecule has 0 aliphatic carbocycles. The number of anilines is 1. The largest absolute Gasteiger partial charge is 0.351 e. The van der Waals surface area contributed by atoms with Gasteiger partial charge in [0.25, 0.3) is 0 Å². The molecule has 2 amide bonds. The van der Waals surface area contributed by atoms with Crippen LogP contribution in [-0.4, -0.2) is 16.0 Å². The van der Waals surface area contributed by atoms with Gasteiger partial charge in [0, 0.05) is 6.20 Å². The number of hydrogen-bond donors (Lipinski definition) is 2. The first kappa shape index (κ1) is 8.43. The van der Waals surface area contributed by atoms with Crippen LogP contribution in [0.5, 0.6) is 0 Å². The minimum atomic E-state index is -0.624. The molecule has 2 rings (SSSR count). The zero-order valence-electron chi connectivity index (χ0n) is 7.27. The molecule has 0 spiro atoms. The lowest BCUT2D eigenvalue weighted by Gasteiger charge is -2.01. The third kappa shape index (κ3) is 1.61. The molecular weight excluding hydrogens is 180 g/mol. The van der Waals surface area contributed by atoms with Crippen LogP contribution in [0.2, 0.25) is 0 Å². The van der Waals surface area contributed by atoms with Crippen molar-refractivity contribution in [3.8, 4) is 0 Å². The predicted molar refractivity (Wildman–Crippen MR) is 52.7 cm³/mol. The average Bonchev–Trinajstić information content (AvgIpc) is 2.17. The number of fused-ring (bicyclic) bond motifs is 1. The van der Waals surface area contributed by atoms with Gasteiger partial charge in [-0.1, -0.05) is 0 Å². The number of nitrogens with one attached hydrogen (secondary N) is 1. The molecule has 5 nitrogen and oxygen atoms in total. The van der Waals surface area contributed by atoms with Crippen molar-refractivity contribution >= 4 is 22.9 Å². The second kappa shape index (κ2) is 3.29. The normalized spacial score (nSPS) is 10.0. The molecular formula is C9H8N4O. The standard InChI is InChI=1S/C9H8N4O/c10-9(14)13-8-4-3-6-7(12-8)2-1-5-11-6/h1-5H,(H3,10,12,13,14). The van der Waals surface area contributed by atoms with E-state index in [1.54, 1.807) is 24.4 Å². The highest BCUT2D eigenvalue weighted by Crippen LogP contribution is 2.11. The van der Waals surface area contributed by atoms with Crippen LogP contribution < -0.4 is 11.1 Å². The second-order valence-corrected chi connectivity index (χ2v) is 2.73. The van der Waals surface area contributed by atoms with Gasteiger partial charge in [0.2, 0.25) is 0 Å². The molecule has 2 aromatic heterocycles. The summed E-state index contributed by atoms with van der Waals surface area (Å²) in [6, 6.07) is 6.40. The Labute approximate surface area is 80.0 Å². The van der Waals surface area contributed by atoms with E-state index in [-0.39, 0.29) is 0 Å². The molecule has 3 N–H and O–H groups in total. The van der Waals surface area contributed by atoms with Crippen LogP contribution in [0, 0.1) is 0 Å². The molecule has 0 fully saturated rings. The van der Waals surface area contributed by atoms with Crippen molar-refractivity contribution < 1.29 is 4.79 Å². The molecule has 2 aromatic rings. The average molecular weight is 188 g/mol. The van der Waals surface area contributed by atoms with Gasteiger partial charge in [-0.15, -0.1) is 0 Å². The third-order valence-electron chi connectivity index (χ3n) is 1.71. The zero-order chi connectivity index (χ0) is 9.97. The van der Waals surface area contributed by atoms with Crippen molar-refractivity contribution in [2.45, 2.75) is 0 Å². The summed E-state index contributed by atoms with van der Waals surface area (Å²) < 4.78 is 0. The van der Waals surface area contributed by atoms with Crippen molar-refractivity contribution in [3.63, 3.8) is 0 Å². The van der Waals surface area contributed by atoms with Crippen LogP contribution >= 0.6 is 0 Å². The van der Waals surface area contributed by atoms with Crippen LogP contribution in [0.3, 0.4) is 0 Å². The maximum atomic E-state index is 10.6. The number of primary amides is 1. The fourth-order valence-corrected chi connectivity index (χ4v) is 1.15. The minimum absolute atomic E-state index is 0.429. The Morgan fingerprint density at radius 1 is 1.29 bits per heavy atom. The number of carbonyl (C=O) groups excluding carboxylic acids is 1. The Balaban J connectivity index is 2.46. The first-order chi connectivity index (χ1) is 6.75. The SMILES string of the molecule is NC(=O)Nc1ccc2ncccc2n1. The number of urea groups is 1. The number of pyridine rings is 2. The molecule has 0 radical (unpaired) electrons. The van der Waals surface area contributed by atoms with E-state index in [9.17, 15) is 4.79 Å². The third-order valence-corrected chi connectivity index (χ3v) is 1.71. The summed E-state index contributed by atoms with van der Waals surface area (Å²) in [6.07, 6.45) is 1.69.